The summed E-state index contributed by atoms with van der Waals surface area (Å²) < 4.78 is 5.56. The molecule has 1 aromatic carbocycles. The van der Waals surface area contributed by atoms with E-state index in [0.29, 0.717) is 12.0 Å². The minimum absolute atomic E-state index is 0.0827. The fourth-order valence-electron chi connectivity index (χ4n) is 2.25. The second kappa shape index (κ2) is 6.27. The average molecular weight is 276 g/mol. The molecule has 1 aliphatic heterocycles. The van der Waals surface area contributed by atoms with E-state index in [0.717, 1.165) is 24.4 Å². The monoisotopic (exact) mass is 276 g/mol. The van der Waals surface area contributed by atoms with Gasteiger partial charge >= 0.3 is 0 Å². The summed E-state index contributed by atoms with van der Waals surface area (Å²) in [6.45, 7) is 9.35. The van der Waals surface area contributed by atoms with Gasteiger partial charge in [0.15, 0.2) is 6.10 Å². The van der Waals surface area contributed by atoms with E-state index in [2.05, 4.69) is 37.5 Å². The molecule has 0 radical (unpaired) electrons. The van der Waals surface area contributed by atoms with Gasteiger partial charge in [0.05, 0.1) is 5.69 Å². The second-order valence-electron chi connectivity index (χ2n) is 5.99. The number of carbonyl (C=O) groups excluding carboxylic acids is 1. The molecular weight excluding hydrogens is 252 g/mol. The zero-order chi connectivity index (χ0) is 14.7. The highest BCUT2D eigenvalue weighted by Crippen LogP contribution is 2.30. The van der Waals surface area contributed by atoms with Crippen LogP contribution in [0.3, 0.4) is 0 Å². The third-order valence-corrected chi connectivity index (χ3v) is 3.39. The molecule has 0 spiro atoms. The Balaban J connectivity index is 2.00. The van der Waals surface area contributed by atoms with Crippen molar-refractivity contribution in [3.05, 3.63) is 23.8 Å². The Morgan fingerprint density at radius 2 is 2.10 bits per heavy atom. The maximum Gasteiger partial charge on any atom is 0.265 e. The number of hydrogen-bond donors (Lipinski definition) is 2. The first-order valence-corrected chi connectivity index (χ1v) is 7.29. The van der Waals surface area contributed by atoms with Crippen LogP contribution in [0.15, 0.2) is 18.2 Å². The number of ether oxygens (including phenoxy) is 1. The largest absolute Gasteiger partial charge is 0.479 e. The highest BCUT2D eigenvalue weighted by Gasteiger charge is 2.23. The lowest BCUT2D eigenvalue weighted by Gasteiger charge is -2.24. The lowest BCUT2D eigenvalue weighted by atomic mass is 10.0. The summed E-state index contributed by atoms with van der Waals surface area (Å²) in [5.74, 6) is 1.32. The molecule has 2 atom stereocenters. The number of carbonyl (C=O) groups is 1. The van der Waals surface area contributed by atoms with Crippen LogP contribution in [0, 0.1) is 5.92 Å². The van der Waals surface area contributed by atoms with Gasteiger partial charge in [-0.3, -0.25) is 4.79 Å². The van der Waals surface area contributed by atoms with Crippen molar-refractivity contribution in [1.29, 1.82) is 0 Å². The topological polar surface area (TPSA) is 50.4 Å². The number of anilines is 1. The van der Waals surface area contributed by atoms with E-state index >= 15 is 0 Å². The smallest absolute Gasteiger partial charge is 0.265 e. The van der Waals surface area contributed by atoms with Gasteiger partial charge in [-0.1, -0.05) is 19.9 Å². The Morgan fingerprint density at radius 3 is 2.80 bits per heavy atom. The van der Waals surface area contributed by atoms with Gasteiger partial charge in [-0.2, -0.15) is 0 Å². The molecule has 0 bridgehead atoms. The number of fused-ring (bicyclic) bond motifs is 1. The lowest BCUT2D eigenvalue weighted by Crippen LogP contribution is -2.34. The molecule has 1 aromatic rings. The van der Waals surface area contributed by atoms with E-state index in [1.165, 1.54) is 5.56 Å². The molecule has 0 aromatic heterocycles. The van der Waals surface area contributed by atoms with Crippen LogP contribution in [0.1, 0.15) is 33.3 Å². The van der Waals surface area contributed by atoms with Gasteiger partial charge < -0.3 is 15.4 Å². The first-order chi connectivity index (χ1) is 9.45. The minimum atomic E-state index is -0.417. The molecule has 2 N–H and O–H groups in total. The summed E-state index contributed by atoms with van der Waals surface area (Å²) in [5, 5.41) is 6.40. The van der Waals surface area contributed by atoms with Crippen molar-refractivity contribution in [3.63, 3.8) is 0 Å². The van der Waals surface area contributed by atoms with Crippen molar-refractivity contribution in [2.45, 2.75) is 46.3 Å². The Labute approximate surface area is 120 Å². The molecule has 0 fully saturated rings. The van der Waals surface area contributed by atoms with Gasteiger partial charge in [0.2, 0.25) is 0 Å². The van der Waals surface area contributed by atoms with Crippen LogP contribution < -0.4 is 15.4 Å². The molecule has 2 unspecified atom stereocenters. The van der Waals surface area contributed by atoms with Gasteiger partial charge in [-0.25, -0.2) is 0 Å². The zero-order valence-corrected chi connectivity index (χ0v) is 12.7. The number of hydrogen-bond acceptors (Lipinski definition) is 3. The third kappa shape index (κ3) is 3.73. The summed E-state index contributed by atoms with van der Waals surface area (Å²) in [6.07, 6.45) is 0.519. The molecule has 2 rings (SSSR count). The highest BCUT2D eigenvalue weighted by molar-refractivity contribution is 5.97. The molecule has 1 heterocycles. The van der Waals surface area contributed by atoms with Crippen molar-refractivity contribution in [2.75, 3.05) is 11.9 Å². The third-order valence-electron chi connectivity index (χ3n) is 3.39. The van der Waals surface area contributed by atoms with Crippen molar-refractivity contribution >= 4 is 11.6 Å². The molecule has 0 aliphatic carbocycles. The summed E-state index contributed by atoms with van der Waals surface area (Å²) >= 11 is 0. The fourth-order valence-corrected chi connectivity index (χ4v) is 2.25. The van der Waals surface area contributed by atoms with Crippen LogP contribution in [-0.4, -0.2) is 24.6 Å². The van der Waals surface area contributed by atoms with E-state index in [4.69, 9.17) is 4.74 Å². The van der Waals surface area contributed by atoms with E-state index in [9.17, 15) is 4.79 Å². The second-order valence-corrected chi connectivity index (χ2v) is 5.99. The molecular formula is C16H24N2O2. The standard InChI is InChI=1S/C16H24N2O2/c1-10(2)9-17-11(3)7-13-5-6-15-14(8-13)18-16(19)12(4)20-15/h5-6,8,10-12,17H,7,9H2,1-4H3,(H,18,19). The normalized spacial score (nSPS) is 19.2. The van der Waals surface area contributed by atoms with Gasteiger partial charge in [0.1, 0.15) is 5.75 Å². The van der Waals surface area contributed by atoms with Crippen molar-refractivity contribution < 1.29 is 9.53 Å². The van der Waals surface area contributed by atoms with Crippen LogP contribution in [0.4, 0.5) is 5.69 Å². The maximum absolute atomic E-state index is 11.6. The van der Waals surface area contributed by atoms with E-state index in [-0.39, 0.29) is 5.91 Å². The summed E-state index contributed by atoms with van der Waals surface area (Å²) in [5.41, 5.74) is 1.98. The predicted octanol–water partition coefficient (Wildman–Crippen LogP) is 2.58. The number of amides is 1. The van der Waals surface area contributed by atoms with Crippen LogP contribution in [0.25, 0.3) is 0 Å². The molecule has 20 heavy (non-hydrogen) atoms. The molecule has 0 saturated carbocycles. The van der Waals surface area contributed by atoms with Crippen LogP contribution >= 0.6 is 0 Å². The molecule has 4 nitrogen and oxygen atoms in total. The Kier molecular flexibility index (Phi) is 4.65. The van der Waals surface area contributed by atoms with Crippen molar-refractivity contribution in [1.82, 2.24) is 5.32 Å². The summed E-state index contributed by atoms with van der Waals surface area (Å²) in [7, 11) is 0. The zero-order valence-electron chi connectivity index (χ0n) is 12.7. The minimum Gasteiger partial charge on any atom is -0.479 e. The van der Waals surface area contributed by atoms with E-state index < -0.39 is 6.10 Å². The Bertz CT molecular complexity index is 485. The molecule has 110 valence electrons. The van der Waals surface area contributed by atoms with E-state index in [1.807, 2.05) is 12.1 Å². The first-order valence-electron chi connectivity index (χ1n) is 7.29. The lowest BCUT2D eigenvalue weighted by molar-refractivity contribution is -0.122. The summed E-state index contributed by atoms with van der Waals surface area (Å²) in [4.78, 5) is 11.6. The van der Waals surface area contributed by atoms with Gasteiger partial charge in [0, 0.05) is 6.04 Å². The predicted molar refractivity (Wildman–Crippen MR) is 81.2 cm³/mol. The molecule has 4 heteroatoms. The van der Waals surface area contributed by atoms with Gasteiger partial charge in [-0.05, 0) is 50.4 Å². The van der Waals surface area contributed by atoms with Gasteiger partial charge in [0.25, 0.3) is 5.91 Å². The first kappa shape index (κ1) is 14.9. The van der Waals surface area contributed by atoms with Crippen molar-refractivity contribution in [3.8, 4) is 5.75 Å². The van der Waals surface area contributed by atoms with Crippen LogP contribution in [-0.2, 0) is 11.2 Å². The number of benzene rings is 1. The Morgan fingerprint density at radius 1 is 1.35 bits per heavy atom. The van der Waals surface area contributed by atoms with Gasteiger partial charge in [-0.15, -0.1) is 0 Å². The van der Waals surface area contributed by atoms with Crippen molar-refractivity contribution in [2.24, 2.45) is 5.92 Å². The van der Waals surface area contributed by atoms with Crippen LogP contribution in [0.2, 0.25) is 0 Å². The SMILES string of the molecule is CC(C)CNC(C)Cc1ccc2c(c1)NC(=O)C(C)O2. The molecule has 0 saturated heterocycles. The Hall–Kier alpha value is -1.55. The fraction of sp³-hybridized carbons (Fsp3) is 0.562. The van der Waals surface area contributed by atoms with Crippen LogP contribution in [0.5, 0.6) is 5.75 Å². The van der Waals surface area contributed by atoms with E-state index in [1.54, 1.807) is 6.92 Å². The molecule has 1 amide bonds. The number of rotatable bonds is 5. The summed E-state index contributed by atoms with van der Waals surface area (Å²) in [6, 6.07) is 6.42. The maximum atomic E-state index is 11.6. The highest BCUT2D eigenvalue weighted by atomic mass is 16.5. The quantitative estimate of drug-likeness (QED) is 0.869. The average Bonchev–Trinajstić information content (AvgIpc) is 2.38. The number of nitrogens with one attached hydrogen (secondary N) is 2. The molecule has 1 aliphatic rings.